The smallest absolute Gasteiger partial charge is 0.0348 e. The first-order valence-corrected chi connectivity index (χ1v) is 8.34. The van der Waals surface area contributed by atoms with Gasteiger partial charge in [0.25, 0.3) is 0 Å². The van der Waals surface area contributed by atoms with E-state index in [-0.39, 0.29) is 0 Å². The monoisotopic (exact) mass is 262 g/mol. The summed E-state index contributed by atoms with van der Waals surface area (Å²) in [4.78, 5) is 0. The molecule has 0 radical (unpaired) electrons. The summed E-state index contributed by atoms with van der Waals surface area (Å²) < 4.78 is 0. The van der Waals surface area contributed by atoms with Gasteiger partial charge in [-0.2, -0.15) is 0 Å². The summed E-state index contributed by atoms with van der Waals surface area (Å²) in [6.07, 6.45) is 27.1. The van der Waals surface area contributed by atoms with Crippen LogP contribution in [-0.2, 0) is 0 Å². The predicted octanol–water partition coefficient (Wildman–Crippen LogP) is 6.99. The summed E-state index contributed by atoms with van der Waals surface area (Å²) in [7, 11) is 0. The van der Waals surface area contributed by atoms with Gasteiger partial charge < -0.3 is 0 Å². The van der Waals surface area contributed by atoms with Crippen LogP contribution in [0.5, 0.6) is 0 Å². The second-order valence-electron chi connectivity index (χ2n) is 5.30. The molecule has 0 amide bonds. The normalized spacial score (nSPS) is 11.6. The number of unbranched alkanes of at least 4 members (excludes halogenated alkanes) is 10. The van der Waals surface area contributed by atoms with Crippen LogP contribution in [0, 0.1) is 0 Å². The maximum atomic E-state index is 3.67. The molecule has 0 unspecified atom stereocenters. The number of allylic oxidation sites excluding steroid dienone is 5. The molecule has 19 heavy (non-hydrogen) atoms. The van der Waals surface area contributed by atoms with Crippen molar-refractivity contribution in [1.82, 2.24) is 0 Å². The largest absolute Gasteiger partial charge is 0.0991 e. The molecule has 0 aliphatic carbocycles. The Hall–Kier alpha value is -0.780. The number of hydrogen-bond donors (Lipinski definition) is 0. The van der Waals surface area contributed by atoms with E-state index in [0.29, 0.717) is 0 Å². The fourth-order valence-corrected chi connectivity index (χ4v) is 2.24. The van der Waals surface area contributed by atoms with Gasteiger partial charge in [0.05, 0.1) is 0 Å². The highest BCUT2D eigenvalue weighted by Crippen LogP contribution is 2.11. The van der Waals surface area contributed by atoms with Crippen molar-refractivity contribution >= 4 is 0 Å². The molecule has 0 spiro atoms. The molecule has 0 aromatic heterocycles. The predicted molar refractivity (Wildman–Crippen MR) is 89.6 cm³/mol. The summed E-state index contributed by atoms with van der Waals surface area (Å²) in [5.74, 6) is 0. The molecule has 0 saturated heterocycles. The molecule has 0 rings (SSSR count). The minimum absolute atomic E-state index is 1.18. The molecule has 0 aliphatic rings. The molecule has 0 fully saturated rings. The third kappa shape index (κ3) is 17.2. The van der Waals surface area contributed by atoms with Crippen molar-refractivity contribution in [3.8, 4) is 0 Å². The van der Waals surface area contributed by atoms with Crippen molar-refractivity contribution in [2.24, 2.45) is 0 Å². The average Bonchev–Trinajstić information content (AvgIpc) is 2.43. The van der Waals surface area contributed by atoms with Crippen LogP contribution in [-0.4, -0.2) is 0 Å². The van der Waals surface area contributed by atoms with Crippen LogP contribution < -0.4 is 0 Å². The first-order valence-electron chi connectivity index (χ1n) is 8.34. The molecule has 0 bridgehead atoms. The molecule has 0 aliphatic heterocycles. The second kappa shape index (κ2) is 17.2. The molecule has 0 heteroatoms. The summed E-state index contributed by atoms with van der Waals surface area (Å²) in [5.41, 5.74) is 0. The molecule has 0 nitrogen and oxygen atoms in total. The zero-order chi connectivity index (χ0) is 14.0. The van der Waals surface area contributed by atoms with Gasteiger partial charge in [0.1, 0.15) is 0 Å². The molecule has 0 aromatic rings. The second-order valence-corrected chi connectivity index (χ2v) is 5.30. The van der Waals surface area contributed by atoms with E-state index in [4.69, 9.17) is 0 Å². The first kappa shape index (κ1) is 18.2. The quantitative estimate of drug-likeness (QED) is 0.180. The fourth-order valence-electron chi connectivity index (χ4n) is 2.24. The van der Waals surface area contributed by atoms with E-state index in [0.717, 1.165) is 0 Å². The molecule has 0 N–H and O–H groups in total. The fraction of sp³-hybridized carbons (Fsp3) is 0.684. The van der Waals surface area contributed by atoms with E-state index >= 15 is 0 Å². The first-order chi connectivity index (χ1) is 9.41. The van der Waals surface area contributed by atoms with Crippen molar-refractivity contribution in [3.63, 3.8) is 0 Å². The van der Waals surface area contributed by atoms with E-state index in [1.165, 1.54) is 77.0 Å². The van der Waals surface area contributed by atoms with Gasteiger partial charge in [0, 0.05) is 0 Å². The molecular weight excluding hydrogens is 228 g/mol. The maximum Gasteiger partial charge on any atom is -0.0348 e. The van der Waals surface area contributed by atoms with Crippen LogP contribution in [0.2, 0.25) is 0 Å². The van der Waals surface area contributed by atoms with Gasteiger partial charge in [0.15, 0.2) is 0 Å². The summed E-state index contributed by atoms with van der Waals surface area (Å²) in [5, 5.41) is 0. The highest BCUT2D eigenvalue weighted by molar-refractivity contribution is 4.96. The Morgan fingerprint density at radius 2 is 1.11 bits per heavy atom. The minimum Gasteiger partial charge on any atom is -0.0991 e. The molecular formula is C19H34. The molecule has 0 atom stereocenters. The summed E-state index contributed by atoms with van der Waals surface area (Å²) >= 11 is 0. The lowest BCUT2D eigenvalue weighted by Crippen LogP contribution is -1.81. The van der Waals surface area contributed by atoms with Gasteiger partial charge in [0.2, 0.25) is 0 Å². The number of hydrogen-bond acceptors (Lipinski definition) is 0. The molecule has 110 valence electrons. The Morgan fingerprint density at radius 1 is 0.632 bits per heavy atom. The van der Waals surface area contributed by atoms with E-state index in [1.54, 1.807) is 0 Å². The highest BCUT2D eigenvalue weighted by atomic mass is 14.0. The Bertz CT molecular complexity index is 222. The third-order valence-corrected chi connectivity index (χ3v) is 3.42. The topological polar surface area (TPSA) is 0 Å². The maximum absolute atomic E-state index is 3.67. The minimum atomic E-state index is 1.18. The number of rotatable bonds is 14. The van der Waals surface area contributed by atoms with Crippen LogP contribution in [0.15, 0.2) is 37.0 Å². The van der Waals surface area contributed by atoms with E-state index in [2.05, 4.69) is 37.8 Å². The lowest BCUT2D eigenvalue weighted by Gasteiger charge is -2.01. The SMILES string of the molecule is C=CC=CCCCCCCCCCCCC=CCC. The lowest BCUT2D eigenvalue weighted by atomic mass is 10.1. The zero-order valence-corrected chi connectivity index (χ0v) is 13.1. The van der Waals surface area contributed by atoms with Crippen LogP contribution in [0.3, 0.4) is 0 Å². The molecule has 0 heterocycles. The van der Waals surface area contributed by atoms with Gasteiger partial charge in [-0.15, -0.1) is 0 Å². The van der Waals surface area contributed by atoms with Crippen molar-refractivity contribution in [3.05, 3.63) is 37.0 Å². The van der Waals surface area contributed by atoms with Crippen molar-refractivity contribution in [2.75, 3.05) is 0 Å². The lowest BCUT2D eigenvalue weighted by molar-refractivity contribution is 0.561. The van der Waals surface area contributed by atoms with Crippen LogP contribution in [0.25, 0.3) is 0 Å². The van der Waals surface area contributed by atoms with Gasteiger partial charge in [-0.25, -0.2) is 0 Å². The third-order valence-electron chi connectivity index (χ3n) is 3.42. The van der Waals surface area contributed by atoms with Crippen molar-refractivity contribution in [1.29, 1.82) is 0 Å². The summed E-state index contributed by atoms with van der Waals surface area (Å²) in [6, 6.07) is 0. The van der Waals surface area contributed by atoms with E-state index < -0.39 is 0 Å². The Balaban J connectivity index is 3.00. The van der Waals surface area contributed by atoms with Gasteiger partial charge >= 0.3 is 0 Å². The standard InChI is InChI=1S/C19H34/c1-3-5-7-9-11-13-15-17-19-18-16-14-12-10-8-6-4-2/h3,5-8H,1,4,9-19H2,2H3. The highest BCUT2D eigenvalue weighted by Gasteiger charge is 1.92. The van der Waals surface area contributed by atoms with E-state index in [9.17, 15) is 0 Å². The Morgan fingerprint density at radius 3 is 1.58 bits per heavy atom. The molecule has 0 aromatic carbocycles. The van der Waals surface area contributed by atoms with Crippen LogP contribution >= 0.6 is 0 Å². The van der Waals surface area contributed by atoms with Gasteiger partial charge in [-0.1, -0.05) is 88.8 Å². The Kier molecular flexibility index (Phi) is 16.5. The van der Waals surface area contributed by atoms with Crippen molar-refractivity contribution < 1.29 is 0 Å². The zero-order valence-electron chi connectivity index (χ0n) is 13.1. The van der Waals surface area contributed by atoms with Gasteiger partial charge in [-0.3, -0.25) is 0 Å². The van der Waals surface area contributed by atoms with Gasteiger partial charge in [-0.05, 0) is 32.1 Å². The average molecular weight is 262 g/mol. The van der Waals surface area contributed by atoms with E-state index in [1.807, 2.05) is 6.08 Å². The van der Waals surface area contributed by atoms with Crippen LogP contribution in [0.4, 0.5) is 0 Å². The molecule has 0 saturated carbocycles. The Labute approximate surface area is 121 Å². The summed E-state index contributed by atoms with van der Waals surface area (Å²) in [6.45, 7) is 5.87. The van der Waals surface area contributed by atoms with Crippen molar-refractivity contribution in [2.45, 2.75) is 84.0 Å². The van der Waals surface area contributed by atoms with Crippen LogP contribution in [0.1, 0.15) is 84.0 Å².